The number of aromatic nitrogens is 5. The van der Waals surface area contributed by atoms with E-state index in [0.29, 0.717) is 34.3 Å². The Morgan fingerprint density at radius 2 is 1.75 bits per heavy atom. The molecule has 9 heteroatoms. The molecule has 0 aliphatic carbocycles. The zero-order valence-corrected chi connectivity index (χ0v) is 13.4. The molecule has 3 rings (SSSR count). The Labute approximate surface area is 137 Å². The summed E-state index contributed by atoms with van der Waals surface area (Å²) >= 11 is 0. The molecule has 9 nitrogen and oxygen atoms in total. The number of methoxy groups -OCH3 is 2. The zero-order chi connectivity index (χ0) is 17.1. The SMILES string of the molecule is COc1cc(OC)cc(C(=O)Nc2c(-n3cnnc3)n[nH]c2C)c1. The lowest BCUT2D eigenvalue weighted by atomic mass is 10.2. The van der Waals surface area contributed by atoms with Crippen LogP contribution in [-0.4, -0.2) is 45.1 Å². The fourth-order valence-electron chi connectivity index (χ4n) is 2.19. The summed E-state index contributed by atoms with van der Waals surface area (Å²) in [6, 6.07) is 4.96. The van der Waals surface area contributed by atoms with Crippen molar-refractivity contribution in [3.63, 3.8) is 0 Å². The summed E-state index contributed by atoms with van der Waals surface area (Å²) in [5, 5.41) is 17.3. The van der Waals surface area contributed by atoms with Crippen LogP contribution in [0.4, 0.5) is 5.69 Å². The van der Waals surface area contributed by atoms with E-state index in [1.165, 1.54) is 26.9 Å². The van der Waals surface area contributed by atoms with Crippen LogP contribution < -0.4 is 14.8 Å². The van der Waals surface area contributed by atoms with Crippen molar-refractivity contribution < 1.29 is 14.3 Å². The van der Waals surface area contributed by atoms with Gasteiger partial charge in [0, 0.05) is 11.6 Å². The normalized spacial score (nSPS) is 10.5. The summed E-state index contributed by atoms with van der Waals surface area (Å²) in [4.78, 5) is 12.6. The Bertz CT molecular complexity index is 834. The van der Waals surface area contributed by atoms with Crippen molar-refractivity contribution in [2.24, 2.45) is 0 Å². The predicted molar refractivity (Wildman–Crippen MR) is 85.7 cm³/mol. The van der Waals surface area contributed by atoms with Gasteiger partial charge in [0.25, 0.3) is 5.91 Å². The molecule has 2 aromatic heterocycles. The van der Waals surface area contributed by atoms with Crippen molar-refractivity contribution in [1.82, 2.24) is 25.0 Å². The van der Waals surface area contributed by atoms with E-state index in [1.54, 1.807) is 22.8 Å². The predicted octanol–water partition coefficient (Wildman–Crippen LogP) is 1.57. The molecule has 0 fully saturated rings. The molecule has 1 amide bonds. The van der Waals surface area contributed by atoms with Gasteiger partial charge in [-0.05, 0) is 19.1 Å². The second-order valence-electron chi connectivity index (χ2n) is 4.97. The number of carbonyl (C=O) groups excluding carboxylic acids is 1. The minimum Gasteiger partial charge on any atom is -0.497 e. The topological polar surface area (TPSA) is 107 Å². The van der Waals surface area contributed by atoms with E-state index in [9.17, 15) is 4.79 Å². The first-order valence-corrected chi connectivity index (χ1v) is 7.06. The molecular weight excluding hydrogens is 312 g/mol. The van der Waals surface area contributed by atoms with E-state index in [2.05, 4.69) is 25.7 Å². The summed E-state index contributed by atoms with van der Waals surface area (Å²) < 4.78 is 12.0. The number of hydrogen-bond acceptors (Lipinski definition) is 6. The number of nitrogens with one attached hydrogen (secondary N) is 2. The van der Waals surface area contributed by atoms with Gasteiger partial charge in [0.15, 0.2) is 5.82 Å². The molecule has 0 spiro atoms. The number of amides is 1. The number of aromatic amines is 1. The molecule has 0 radical (unpaired) electrons. The molecule has 0 aliphatic rings. The van der Waals surface area contributed by atoms with E-state index >= 15 is 0 Å². The monoisotopic (exact) mass is 328 g/mol. The molecule has 0 aliphatic heterocycles. The van der Waals surface area contributed by atoms with Crippen LogP contribution in [0.2, 0.25) is 0 Å². The first kappa shape index (κ1) is 15.5. The summed E-state index contributed by atoms with van der Waals surface area (Å²) in [5.74, 6) is 1.25. The Morgan fingerprint density at radius 3 is 2.33 bits per heavy atom. The number of nitrogens with zero attached hydrogens (tertiary/aromatic N) is 4. The fraction of sp³-hybridized carbons (Fsp3) is 0.200. The molecule has 124 valence electrons. The third-order valence-electron chi connectivity index (χ3n) is 3.44. The van der Waals surface area contributed by atoms with Gasteiger partial charge < -0.3 is 14.8 Å². The van der Waals surface area contributed by atoms with Gasteiger partial charge in [-0.2, -0.15) is 5.10 Å². The van der Waals surface area contributed by atoms with Gasteiger partial charge >= 0.3 is 0 Å². The molecule has 3 aromatic rings. The molecule has 0 atom stereocenters. The van der Waals surface area contributed by atoms with Crippen LogP contribution in [0.25, 0.3) is 5.82 Å². The third kappa shape index (κ3) is 2.91. The lowest BCUT2D eigenvalue weighted by Gasteiger charge is -2.10. The van der Waals surface area contributed by atoms with Gasteiger partial charge in [-0.3, -0.25) is 14.5 Å². The van der Waals surface area contributed by atoms with Gasteiger partial charge in [0.1, 0.15) is 29.8 Å². The van der Waals surface area contributed by atoms with Crippen molar-refractivity contribution in [3.05, 3.63) is 42.1 Å². The highest BCUT2D eigenvalue weighted by Crippen LogP contribution is 2.25. The third-order valence-corrected chi connectivity index (χ3v) is 3.44. The quantitative estimate of drug-likeness (QED) is 0.736. The van der Waals surface area contributed by atoms with Crippen molar-refractivity contribution >= 4 is 11.6 Å². The summed E-state index contributed by atoms with van der Waals surface area (Å²) in [7, 11) is 3.06. The Balaban J connectivity index is 1.92. The number of carbonyl (C=O) groups is 1. The van der Waals surface area contributed by atoms with Crippen LogP contribution in [0.1, 0.15) is 16.1 Å². The van der Waals surface area contributed by atoms with Crippen LogP contribution in [0.3, 0.4) is 0 Å². The van der Waals surface area contributed by atoms with Crippen molar-refractivity contribution in [2.45, 2.75) is 6.92 Å². The smallest absolute Gasteiger partial charge is 0.256 e. The lowest BCUT2D eigenvalue weighted by Crippen LogP contribution is -2.14. The number of aryl methyl sites for hydroxylation is 1. The highest BCUT2D eigenvalue weighted by molar-refractivity contribution is 6.06. The molecular formula is C15H16N6O3. The standard InChI is InChI=1S/C15H16N6O3/c1-9-13(14(20-19-9)21-7-16-17-8-21)18-15(22)10-4-11(23-2)6-12(5-10)24-3/h4-8H,1-3H3,(H,18,22)(H,19,20). The molecule has 2 heterocycles. The highest BCUT2D eigenvalue weighted by atomic mass is 16.5. The van der Waals surface area contributed by atoms with Gasteiger partial charge in [-0.25, -0.2) is 0 Å². The maximum absolute atomic E-state index is 12.6. The van der Waals surface area contributed by atoms with Crippen LogP contribution >= 0.6 is 0 Å². The van der Waals surface area contributed by atoms with E-state index < -0.39 is 0 Å². The van der Waals surface area contributed by atoms with Crippen LogP contribution in [0, 0.1) is 6.92 Å². The lowest BCUT2D eigenvalue weighted by molar-refractivity contribution is 0.102. The molecule has 1 aromatic carbocycles. The largest absolute Gasteiger partial charge is 0.497 e. The minimum absolute atomic E-state index is 0.314. The molecule has 0 saturated carbocycles. The van der Waals surface area contributed by atoms with E-state index in [-0.39, 0.29) is 5.91 Å². The highest BCUT2D eigenvalue weighted by Gasteiger charge is 2.17. The van der Waals surface area contributed by atoms with Gasteiger partial charge in [0.2, 0.25) is 0 Å². The molecule has 24 heavy (non-hydrogen) atoms. The Morgan fingerprint density at radius 1 is 1.12 bits per heavy atom. The summed E-state index contributed by atoms with van der Waals surface area (Å²) in [6.45, 7) is 1.81. The van der Waals surface area contributed by atoms with Gasteiger partial charge in [0.05, 0.1) is 19.9 Å². The molecule has 0 unspecified atom stereocenters. The number of rotatable bonds is 5. The van der Waals surface area contributed by atoms with Crippen molar-refractivity contribution in [3.8, 4) is 17.3 Å². The summed E-state index contributed by atoms with van der Waals surface area (Å²) in [5.41, 5.74) is 1.66. The Kier molecular flexibility index (Phi) is 4.15. The van der Waals surface area contributed by atoms with E-state index in [4.69, 9.17) is 9.47 Å². The first-order valence-electron chi connectivity index (χ1n) is 7.06. The van der Waals surface area contributed by atoms with E-state index in [0.717, 1.165) is 0 Å². The molecule has 0 bridgehead atoms. The van der Waals surface area contributed by atoms with Gasteiger partial charge in [-0.1, -0.05) is 0 Å². The Hall–Kier alpha value is -3.36. The number of hydrogen-bond donors (Lipinski definition) is 2. The van der Waals surface area contributed by atoms with Crippen LogP contribution in [0.5, 0.6) is 11.5 Å². The average molecular weight is 328 g/mol. The maximum atomic E-state index is 12.6. The van der Waals surface area contributed by atoms with E-state index in [1.807, 2.05) is 6.92 Å². The van der Waals surface area contributed by atoms with Crippen LogP contribution in [0.15, 0.2) is 30.9 Å². The van der Waals surface area contributed by atoms with Crippen molar-refractivity contribution in [2.75, 3.05) is 19.5 Å². The van der Waals surface area contributed by atoms with Crippen molar-refractivity contribution in [1.29, 1.82) is 0 Å². The number of H-pyrrole nitrogens is 1. The first-order chi connectivity index (χ1) is 11.6. The number of benzene rings is 1. The second-order valence-corrected chi connectivity index (χ2v) is 4.97. The summed E-state index contributed by atoms with van der Waals surface area (Å²) in [6.07, 6.45) is 3.00. The fourth-order valence-corrected chi connectivity index (χ4v) is 2.19. The number of anilines is 1. The number of ether oxygens (including phenoxy) is 2. The second kappa shape index (κ2) is 6.41. The van der Waals surface area contributed by atoms with Crippen LogP contribution in [-0.2, 0) is 0 Å². The molecule has 0 saturated heterocycles. The molecule has 2 N–H and O–H groups in total. The average Bonchev–Trinajstić information content (AvgIpc) is 3.25. The maximum Gasteiger partial charge on any atom is 0.256 e. The minimum atomic E-state index is -0.314. The van der Waals surface area contributed by atoms with Gasteiger partial charge in [-0.15, -0.1) is 10.2 Å². The zero-order valence-electron chi connectivity index (χ0n) is 13.4.